The first-order valence-electron chi connectivity index (χ1n) is 5.40. The van der Waals surface area contributed by atoms with Gasteiger partial charge in [-0.25, -0.2) is 4.79 Å². The summed E-state index contributed by atoms with van der Waals surface area (Å²) in [7, 11) is 1.46. The number of aryl methyl sites for hydroxylation is 1. The SMILES string of the molecule is COc1ccc(Cl)cc1C(=O)OCc1nc(C)no1. The fraction of sp³-hybridized carbons (Fsp3) is 0.250. The number of carbonyl (C=O) groups excluding carboxylic acids is 1. The largest absolute Gasteiger partial charge is 0.496 e. The molecule has 0 radical (unpaired) electrons. The second kappa shape index (κ2) is 5.71. The van der Waals surface area contributed by atoms with Crippen LogP contribution in [0.25, 0.3) is 0 Å². The lowest BCUT2D eigenvalue weighted by atomic mass is 10.2. The number of benzene rings is 1. The van der Waals surface area contributed by atoms with E-state index in [-0.39, 0.29) is 18.1 Å². The predicted molar refractivity (Wildman–Crippen MR) is 66.2 cm³/mol. The number of ether oxygens (including phenoxy) is 2. The highest BCUT2D eigenvalue weighted by Crippen LogP contribution is 2.23. The van der Waals surface area contributed by atoms with E-state index in [9.17, 15) is 4.79 Å². The first-order chi connectivity index (χ1) is 9.10. The van der Waals surface area contributed by atoms with E-state index in [1.165, 1.54) is 13.2 Å². The molecule has 0 atom stereocenters. The Morgan fingerprint density at radius 3 is 2.89 bits per heavy atom. The van der Waals surface area contributed by atoms with Crippen molar-refractivity contribution >= 4 is 17.6 Å². The van der Waals surface area contributed by atoms with Crippen molar-refractivity contribution in [1.29, 1.82) is 0 Å². The van der Waals surface area contributed by atoms with Gasteiger partial charge in [0.05, 0.1) is 7.11 Å². The van der Waals surface area contributed by atoms with Crippen molar-refractivity contribution in [2.45, 2.75) is 13.5 Å². The van der Waals surface area contributed by atoms with E-state index < -0.39 is 5.97 Å². The topological polar surface area (TPSA) is 74.5 Å². The van der Waals surface area contributed by atoms with Crippen molar-refractivity contribution in [1.82, 2.24) is 10.1 Å². The van der Waals surface area contributed by atoms with Crippen LogP contribution in [0.15, 0.2) is 22.7 Å². The molecule has 0 spiro atoms. The molecule has 0 amide bonds. The van der Waals surface area contributed by atoms with Crippen LogP contribution in [0.1, 0.15) is 22.1 Å². The third-order valence-corrected chi connectivity index (χ3v) is 2.51. The molecule has 0 N–H and O–H groups in total. The van der Waals surface area contributed by atoms with Crippen LogP contribution >= 0.6 is 11.6 Å². The molecule has 100 valence electrons. The van der Waals surface area contributed by atoms with Gasteiger partial charge in [-0.1, -0.05) is 16.8 Å². The highest BCUT2D eigenvalue weighted by atomic mass is 35.5. The maximum absolute atomic E-state index is 11.9. The highest BCUT2D eigenvalue weighted by Gasteiger charge is 2.15. The fourth-order valence-electron chi connectivity index (χ4n) is 1.44. The Bertz CT molecular complexity index is 597. The molecule has 6 nitrogen and oxygen atoms in total. The minimum atomic E-state index is -0.574. The molecule has 0 aliphatic rings. The second-order valence-corrected chi connectivity index (χ2v) is 4.09. The summed E-state index contributed by atoms with van der Waals surface area (Å²) in [6, 6.07) is 4.69. The van der Waals surface area contributed by atoms with Gasteiger partial charge in [0.25, 0.3) is 5.89 Å². The van der Waals surface area contributed by atoms with Crippen LogP contribution in [-0.2, 0) is 11.3 Å². The lowest BCUT2D eigenvalue weighted by Crippen LogP contribution is -2.07. The Labute approximate surface area is 114 Å². The van der Waals surface area contributed by atoms with Crippen LogP contribution in [0.5, 0.6) is 5.75 Å². The molecule has 0 fully saturated rings. The quantitative estimate of drug-likeness (QED) is 0.802. The van der Waals surface area contributed by atoms with Crippen LogP contribution in [0.4, 0.5) is 0 Å². The van der Waals surface area contributed by atoms with Crippen LogP contribution in [0.3, 0.4) is 0 Å². The smallest absolute Gasteiger partial charge is 0.342 e. The molecule has 0 bridgehead atoms. The van der Waals surface area contributed by atoms with Gasteiger partial charge in [0.2, 0.25) is 0 Å². The number of hydrogen-bond acceptors (Lipinski definition) is 6. The zero-order valence-electron chi connectivity index (χ0n) is 10.3. The van der Waals surface area contributed by atoms with Crippen molar-refractivity contribution in [3.63, 3.8) is 0 Å². The zero-order valence-corrected chi connectivity index (χ0v) is 11.1. The number of esters is 1. The molecular weight excluding hydrogens is 272 g/mol. The predicted octanol–water partition coefficient (Wildman–Crippen LogP) is 2.40. The van der Waals surface area contributed by atoms with Crippen molar-refractivity contribution in [2.75, 3.05) is 7.11 Å². The Balaban J connectivity index is 2.09. The Kier molecular flexibility index (Phi) is 4.01. The third kappa shape index (κ3) is 3.23. The number of carbonyl (C=O) groups is 1. The van der Waals surface area contributed by atoms with E-state index in [0.717, 1.165) is 0 Å². The van der Waals surface area contributed by atoms with Crippen LogP contribution < -0.4 is 4.74 Å². The minimum Gasteiger partial charge on any atom is -0.496 e. The molecular formula is C12H11ClN2O4. The number of hydrogen-bond donors (Lipinski definition) is 0. The molecule has 2 aromatic rings. The van der Waals surface area contributed by atoms with Gasteiger partial charge in [0, 0.05) is 5.02 Å². The lowest BCUT2D eigenvalue weighted by Gasteiger charge is -2.07. The van der Waals surface area contributed by atoms with Gasteiger partial charge in [0.1, 0.15) is 11.3 Å². The van der Waals surface area contributed by atoms with Crippen LogP contribution in [-0.4, -0.2) is 23.2 Å². The summed E-state index contributed by atoms with van der Waals surface area (Å²) in [6.07, 6.45) is 0. The maximum atomic E-state index is 11.9. The minimum absolute atomic E-state index is 0.102. The molecule has 1 heterocycles. The number of aromatic nitrogens is 2. The summed E-state index contributed by atoms with van der Waals surface area (Å²) in [4.78, 5) is 15.8. The fourth-order valence-corrected chi connectivity index (χ4v) is 1.62. The first kappa shape index (κ1) is 13.4. The summed E-state index contributed by atoms with van der Waals surface area (Å²) in [6.45, 7) is 1.57. The molecule has 2 rings (SSSR count). The second-order valence-electron chi connectivity index (χ2n) is 3.66. The molecule has 0 unspecified atom stereocenters. The molecule has 0 aliphatic carbocycles. The molecule has 0 aliphatic heterocycles. The van der Waals surface area contributed by atoms with Gasteiger partial charge in [-0.3, -0.25) is 0 Å². The maximum Gasteiger partial charge on any atom is 0.342 e. The van der Waals surface area contributed by atoms with Gasteiger partial charge in [0.15, 0.2) is 12.4 Å². The number of halogens is 1. The summed E-state index contributed by atoms with van der Waals surface area (Å²) < 4.78 is 15.0. The molecule has 7 heteroatoms. The van der Waals surface area contributed by atoms with Gasteiger partial charge < -0.3 is 14.0 Å². The van der Waals surface area contributed by atoms with Gasteiger partial charge >= 0.3 is 5.97 Å². The lowest BCUT2D eigenvalue weighted by molar-refractivity contribution is 0.0426. The Morgan fingerprint density at radius 2 is 2.26 bits per heavy atom. The van der Waals surface area contributed by atoms with Crippen LogP contribution in [0, 0.1) is 6.92 Å². The van der Waals surface area contributed by atoms with Crippen molar-refractivity contribution < 1.29 is 18.8 Å². The van der Waals surface area contributed by atoms with Gasteiger partial charge in [-0.2, -0.15) is 4.98 Å². The summed E-state index contributed by atoms with van der Waals surface area (Å²) in [5.41, 5.74) is 0.242. The molecule has 0 saturated carbocycles. The summed E-state index contributed by atoms with van der Waals surface area (Å²) in [5, 5.41) is 4.01. The molecule has 0 saturated heterocycles. The molecule has 19 heavy (non-hydrogen) atoms. The van der Waals surface area contributed by atoms with E-state index in [4.69, 9.17) is 25.6 Å². The Morgan fingerprint density at radius 1 is 1.47 bits per heavy atom. The van der Waals surface area contributed by atoms with Gasteiger partial charge in [-0.05, 0) is 25.1 Å². The van der Waals surface area contributed by atoms with E-state index in [1.54, 1.807) is 19.1 Å². The van der Waals surface area contributed by atoms with Gasteiger partial charge in [-0.15, -0.1) is 0 Å². The van der Waals surface area contributed by atoms with E-state index in [0.29, 0.717) is 16.6 Å². The van der Waals surface area contributed by atoms with Crippen LogP contribution in [0.2, 0.25) is 5.02 Å². The third-order valence-electron chi connectivity index (χ3n) is 2.28. The average molecular weight is 283 g/mol. The molecule has 1 aromatic carbocycles. The number of rotatable bonds is 4. The highest BCUT2D eigenvalue weighted by molar-refractivity contribution is 6.31. The van der Waals surface area contributed by atoms with E-state index in [2.05, 4.69) is 10.1 Å². The standard InChI is InChI=1S/C12H11ClN2O4/c1-7-14-11(19-15-7)6-18-12(16)9-5-8(13)3-4-10(9)17-2/h3-5H,6H2,1-2H3. The van der Waals surface area contributed by atoms with Crippen molar-refractivity contribution in [3.05, 3.63) is 40.5 Å². The summed E-state index contributed by atoms with van der Waals surface area (Å²) in [5.74, 6) is 0.518. The zero-order chi connectivity index (χ0) is 13.8. The average Bonchev–Trinajstić information content (AvgIpc) is 2.81. The molecule has 1 aromatic heterocycles. The monoisotopic (exact) mass is 282 g/mol. The van der Waals surface area contributed by atoms with Crippen molar-refractivity contribution in [3.8, 4) is 5.75 Å². The Hall–Kier alpha value is -2.08. The first-order valence-corrected chi connectivity index (χ1v) is 5.78. The normalized spacial score (nSPS) is 10.3. The van der Waals surface area contributed by atoms with E-state index in [1.807, 2.05) is 0 Å². The van der Waals surface area contributed by atoms with Crippen molar-refractivity contribution in [2.24, 2.45) is 0 Å². The number of nitrogens with zero attached hydrogens (tertiary/aromatic N) is 2. The number of methoxy groups -OCH3 is 1. The van der Waals surface area contributed by atoms with E-state index >= 15 is 0 Å². The summed E-state index contributed by atoms with van der Waals surface area (Å²) >= 11 is 5.83.